The first-order valence-electron chi connectivity index (χ1n) is 8.04. The minimum absolute atomic E-state index is 0.00750. The second-order valence-corrected chi connectivity index (χ2v) is 8.22. The topological polar surface area (TPSA) is 75.3 Å². The predicted octanol–water partition coefficient (Wildman–Crippen LogP) is 3.52. The fraction of sp³-hybridized carbons (Fsp3) is 0.278. The first-order valence-corrected chi connectivity index (χ1v) is 9.90. The number of anilines is 1. The summed E-state index contributed by atoms with van der Waals surface area (Å²) < 4.78 is 27.3. The van der Waals surface area contributed by atoms with Crippen molar-refractivity contribution in [1.29, 1.82) is 0 Å². The number of sulfonamides is 1. The molecule has 2 aromatic rings. The molecule has 25 heavy (non-hydrogen) atoms. The predicted molar refractivity (Wildman–Crippen MR) is 98.3 cm³/mol. The molecule has 0 heterocycles. The van der Waals surface area contributed by atoms with E-state index in [1.807, 2.05) is 6.92 Å². The van der Waals surface area contributed by atoms with Gasteiger partial charge in [-0.1, -0.05) is 35.9 Å². The normalized spacial score (nSPS) is 15.4. The molecule has 3 rings (SSSR count). The largest absolute Gasteiger partial charge is 0.353 e. The average molecular weight is 379 g/mol. The van der Waals surface area contributed by atoms with Crippen LogP contribution in [0.3, 0.4) is 0 Å². The first kappa shape index (κ1) is 17.8. The second-order valence-electron chi connectivity index (χ2n) is 6.16. The molecule has 1 aliphatic carbocycles. The number of carbonyl (C=O) groups excluding carboxylic acids is 1. The number of benzene rings is 2. The Kier molecular flexibility index (Phi) is 5.01. The fourth-order valence-corrected chi connectivity index (χ4v) is 4.00. The summed E-state index contributed by atoms with van der Waals surface area (Å²) in [5, 5.41) is 3.13. The van der Waals surface area contributed by atoms with Crippen molar-refractivity contribution in [3.8, 4) is 0 Å². The minimum Gasteiger partial charge on any atom is -0.353 e. The quantitative estimate of drug-likeness (QED) is 0.807. The van der Waals surface area contributed by atoms with Gasteiger partial charge in [-0.15, -0.1) is 0 Å². The summed E-state index contributed by atoms with van der Waals surface area (Å²) >= 11 is 5.96. The Balaban J connectivity index is 1.72. The van der Waals surface area contributed by atoms with Crippen molar-refractivity contribution in [3.05, 3.63) is 59.1 Å². The van der Waals surface area contributed by atoms with E-state index in [1.54, 1.807) is 36.4 Å². The van der Waals surface area contributed by atoms with Crippen molar-refractivity contribution in [2.24, 2.45) is 0 Å². The number of rotatable bonds is 6. The van der Waals surface area contributed by atoms with Crippen LogP contribution in [0.2, 0.25) is 5.02 Å². The molecule has 1 aliphatic rings. The van der Waals surface area contributed by atoms with E-state index in [2.05, 4.69) is 10.0 Å². The monoisotopic (exact) mass is 378 g/mol. The summed E-state index contributed by atoms with van der Waals surface area (Å²) in [6, 6.07) is 13.4. The average Bonchev–Trinajstić information content (AvgIpc) is 3.38. The molecule has 132 valence electrons. The van der Waals surface area contributed by atoms with Gasteiger partial charge in [0.15, 0.2) is 0 Å². The van der Waals surface area contributed by atoms with Gasteiger partial charge in [-0.25, -0.2) is 8.42 Å². The lowest BCUT2D eigenvalue weighted by molar-refractivity contribution is -0.122. The van der Waals surface area contributed by atoms with Crippen LogP contribution in [-0.2, 0) is 14.8 Å². The minimum atomic E-state index is -3.76. The molecule has 0 bridgehead atoms. The van der Waals surface area contributed by atoms with Crippen LogP contribution in [-0.4, -0.2) is 20.4 Å². The maximum absolute atomic E-state index is 12.4. The third-order valence-electron chi connectivity index (χ3n) is 4.11. The van der Waals surface area contributed by atoms with Gasteiger partial charge in [0, 0.05) is 11.7 Å². The van der Waals surface area contributed by atoms with Gasteiger partial charge in [0.05, 0.1) is 10.9 Å². The number of nitrogens with one attached hydrogen (secondary N) is 2. The van der Waals surface area contributed by atoms with E-state index in [-0.39, 0.29) is 21.7 Å². The van der Waals surface area contributed by atoms with E-state index < -0.39 is 10.0 Å². The van der Waals surface area contributed by atoms with Gasteiger partial charge >= 0.3 is 0 Å². The molecule has 0 radical (unpaired) electrons. The van der Waals surface area contributed by atoms with Gasteiger partial charge in [0.25, 0.3) is 10.0 Å². The molecule has 0 saturated heterocycles. The van der Waals surface area contributed by atoms with Crippen LogP contribution in [0, 0.1) is 0 Å². The number of halogens is 1. The third-order valence-corrected chi connectivity index (χ3v) is 5.99. The summed E-state index contributed by atoms with van der Waals surface area (Å²) in [6.45, 7) is 1.83. The molecule has 1 saturated carbocycles. The smallest absolute Gasteiger partial charge is 0.263 e. The Morgan fingerprint density at radius 3 is 2.36 bits per heavy atom. The van der Waals surface area contributed by atoms with E-state index in [0.717, 1.165) is 18.4 Å². The Bertz CT molecular complexity index is 877. The van der Waals surface area contributed by atoms with Crippen LogP contribution in [0.1, 0.15) is 31.2 Å². The lowest BCUT2D eigenvalue weighted by atomic mass is 10.00. The maximum atomic E-state index is 12.4. The summed E-state index contributed by atoms with van der Waals surface area (Å²) in [7, 11) is -3.76. The summed E-state index contributed by atoms with van der Waals surface area (Å²) in [6.07, 6.45) is 2.09. The Morgan fingerprint density at radius 1 is 1.12 bits per heavy atom. The molecule has 7 heteroatoms. The van der Waals surface area contributed by atoms with Crippen LogP contribution in [0.15, 0.2) is 53.4 Å². The summed E-state index contributed by atoms with van der Waals surface area (Å²) in [5.41, 5.74) is 1.25. The Hall–Kier alpha value is -2.05. The molecule has 0 spiro atoms. The van der Waals surface area contributed by atoms with Crippen molar-refractivity contribution < 1.29 is 13.2 Å². The van der Waals surface area contributed by atoms with Crippen molar-refractivity contribution in [1.82, 2.24) is 5.32 Å². The van der Waals surface area contributed by atoms with Gasteiger partial charge in [0.2, 0.25) is 5.91 Å². The van der Waals surface area contributed by atoms with Gasteiger partial charge in [-0.2, -0.15) is 0 Å². The zero-order valence-electron chi connectivity index (χ0n) is 13.7. The highest BCUT2D eigenvalue weighted by Crippen LogP contribution is 2.25. The highest BCUT2D eigenvalue weighted by molar-refractivity contribution is 7.92. The van der Waals surface area contributed by atoms with Crippen molar-refractivity contribution >= 4 is 33.2 Å². The van der Waals surface area contributed by atoms with Crippen molar-refractivity contribution in [2.75, 3.05) is 4.72 Å². The standard InChI is InChI=1S/C18H19ClN2O3S/c1-12(18(22)20-14-10-11-14)13-6-8-15(9-7-13)21-25(23,24)17-5-3-2-4-16(17)19/h2-9,12,14,21H,10-11H2,1H3,(H,20,22)/t12-/m0/s1. The number of hydrogen-bond acceptors (Lipinski definition) is 3. The summed E-state index contributed by atoms with van der Waals surface area (Å²) in [5.74, 6) is -0.290. The first-order chi connectivity index (χ1) is 11.9. The highest BCUT2D eigenvalue weighted by atomic mass is 35.5. The highest BCUT2D eigenvalue weighted by Gasteiger charge is 2.26. The number of hydrogen-bond donors (Lipinski definition) is 2. The lowest BCUT2D eigenvalue weighted by Crippen LogP contribution is -2.29. The van der Waals surface area contributed by atoms with Crippen LogP contribution in [0.4, 0.5) is 5.69 Å². The van der Waals surface area contributed by atoms with E-state index >= 15 is 0 Å². The fourth-order valence-electron chi connectivity index (χ4n) is 2.42. The van der Waals surface area contributed by atoms with Gasteiger partial charge in [-0.05, 0) is 49.6 Å². The van der Waals surface area contributed by atoms with E-state index in [1.165, 1.54) is 12.1 Å². The Labute approximate surface area is 152 Å². The molecule has 0 aliphatic heterocycles. The van der Waals surface area contributed by atoms with Gasteiger partial charge < -0.3 is 5.32 Å². The molecule has 0 unspecified atom stereocenters. The molecular weight excluding hydrogens is 360 g/mol. The van der Waals surface area contributed by atoms with Crippen molar-refractivity contribution in [3.63, 3.8) is 0 Å². The van der Waals surface area contributed by atoms with E-state index in [0.29, 0.717) is 11.7 Å². The van der Waals surface area contributed by atoms with Crippen LogP contribution in [0.5, 0.6) is 0 Å². The molecule has 5 nitrogen and oxygen atoms in total. The van der Waals surface area contributed by atoms with E-state index in [4.69, 9.17) is 11.6 Å². The lowest BCUT2D eigenvalue weighted by Gasteiger charge is -2.14. The number of carbonyl (C=O) groups is 1. The van der Waals surface area contributed by atoms with Gasteiger partial charge in [0.1, 0.15) is 4.90 Å². The zero-order valence-corrected chi connectivity index (χ0v) is 15.3. The Morgan fingerprint density at radius 2 is 1.76 bits per heavy atom. The van der Waals surface area contributed by atoms with Crippen LogP contribution in [0.25, 0.3) is 0 Å². The molecule has 1 atom stereocenters. The molecule has 2 N–H and O–H groups in total. The molecule has 1 amide bonds. The molecular formula is C18H19ClN2O3S. The molecule has 0 aromatic heterocycles. The van der Waals surface area contributed by atoms with Crippen molar-refractivity contribution in [2.45, 2.75) is 36.6 Å². The summed E-state index contributed by atoms with van der Waals surface area (Å²) in [4.78, 5) is 12.1. The van der Waals surface area contributed by atoms with Gasteiger partial charge in [-0.3, -0.25) is 9.52 Å². The SMILES string of the molecule is C[C@H](C(=O)NC1CC1)c1ccc(NS(=O)(=O)c2ccccc2Cl)cc1. The second kappa shape index (κ2) is 7.06. The van der Waals surface area contributed by atoms with Crippen LogP contribution >= 0.6 is 11.6 Å². The third kappa shape index (κ3) is 4.32. The zero-order chi connectivity index (χ0) is 18.0. The molecule has 2 aromatic carbocycles. The molecule has 1 fully saturated rings. The van der Waals surface area contributed by atoms with Crippen LogP contribution < -0.4 is 10.0 Å². The maximum Gasteiger partial charge on any atom is 0.263 e. The number of amides is 1. The van der Waals surface area contributed by atoms with E-state index in [9.17, 15) is 13.2 Å².